The number of hydrogen-bond acceptors (Lipinski definition) is 5. The monoisotopic (exact) mass is 417 g/mol. The molecule has 31 heavy (non-hydrogen) atoms. The molecule has 2 atom stereocenters. The normalized spacial score (nSPS) is 21.9. The number of aryl methyl sites for hydroxylation is 1. The van der Waals surface area contributed by atoms with Crippen molar-refractivity contribution in [2.75, 3.05) is 19.0 Å². The molecule has 7 nitrogen and oxygen atoms in total. The smallest absolute Gasteiger partial charge is 0.276 e. The first-order chi connectivity index (χ1) is 15.1. The Balaban J connectivity index is 1.68. The maximum Gasteiger partial charge on any atom is 0.276 e. The lowest BCUT2D eigenvalue weighted by atomic mass is 9.72. The highest BCUT2D eigenvalue weighted by atomic mass is 16.5. The van der Waals surface area contributed by atoms with Crippen LogP contribution in [0.25, 0.3) is 0 Å². The van der Waals surface area contributed by atoms with Crippen molar-refractivity contribution in [3.05, 3.63) is 77.5 Å². The molecule has 3 heterocycles. The Kier molecular flexibility index (Phi) is 4.54. The minimum absolute atomic E-state index is 0.0901. The van der Waals surface area contributed by atoms with Crippen LogP contribution in [0.1, 0.15) is 46.8 Å². The molecule has 1 N–H and O–H groups in total. The van der Waals surface area contributed by atoms with Crippen molar-refractivity contribution in [3.63, 3.8) is 0 Å². The van der Waals surface area contributed by atoms with E-state index < -0.39 is 11.5 Å². The molecule has 7 heteroatoms. The van der Waals surface area contributed by atoms with Gasteiger partial charge in [-0.2, -0.15) is 0 Å². The maximum atomic E-state index is 13.6. The third-order valence-electron chi connectivity index (χ3n) is 6.42. The highest BCUT2D eigenvalue weighted by molar-refractivity contribution is 6.08. The van der Waals surface area contributed by atoms with Gasteiger partial charge >= 0.3 is 0 Å². The Bertz CT molecular complexity index is 1170. The number of ether oxygens (including phenoxy) is 1. The van der Waals surface area contributed by atoms with E-state index in [9.17, 15) is 9.59 Å². The second-order valence-electron chi connectivity index (χ2n) is 7.88. The number of amides is 2. The second kappa shape index (κ2) is 7.27. The summed E-state index contributed by atoms with van der Waals surface area (Å²) in [6, 6.07) is 14.8. The standard InChI is InChI=1S/C24H23N3O4/c1-3-19-20(25-14-31-19)22(28)27-12-11-24(17-9-4-5-10-18(17)26-23(24)29)21(27)15-7-6-8-16(13-15)30-2/h4-10,13-14,21H,3,11-12H2,1-2H3,(H,26,29)/t21-,24+/m0/s1. The quantitative estimate of drug-likeness (QED) is 0.699. The number of oxazole rings is 1. The fraction of sp³-hybridized carbons (Fsp3) is 0.292. The number of hydrogen-bond donors (Lipinski definition) is 1. The molecule has 3 aromatic rings. The molecule has 2 aliphatic heterocycles. The van der Waals surface area contributed by atoms with Gasteiger partial charge in [0.05, 0.1) is 13.2 Å². The molecule has 1 fully saturated rings. The molecule has 158 valence electrons. The van der Waals surface area contributed by atoms with Crippen LogP contribution in [0.3, 0.4) is 0 Å². The van der Waals surface area contributed by atoms with Crippen LogP contribution in [0.5, 0.6) is 5.75 Å². The topological polar surface area (TPSA) is 84.7 Å². The Hall–Kier alpha value is -3.61. The average Bonchev–Trinajstić information content (AvgIpc) is 3.50. The number of anilines is 1. The first-order valence-electron chi connectivity index (χ1n) is 10.4. The predicted octanol–water partition coefficient (Wildman–Crippen LogP) is 3.72. The molecule has 0 radical (unpaired) electrons. The number of carbonyl (C=O) groups is 2. The molecule has 1 saturated heterocycles. The fourth-order valence-electron chi connectivity index (χ4n) is 5.01. The number of fused-ring (bicyclic) bond motifs is 2. The van der Waals surface area contributed by atoms with Gasteiger partial charge in [0.1, 0.15) is 16.9 Å². The average molecular weight is 417 g/mol. The summed E-state index contributed by atoms with van der Waals surface area (Å²) in [6.07, 6.45) is 2.38. The van der Waals surface area contributed by atoms with E-state index >= 15 is 0 Å². The highest BCUT2D eigenvalue weighted by Gasteiger charge is 2.59. The Labute approximate surface area is 180 Å². The van der Waals surface area contributed by atoms with Gasteiger partial charge in [-0.1, -0.05) is 37.3 Å². The van der Waals surface area contributed by atoms with Crippen LogP contribution in [0.4, 0.5) is 5.69 Å². The number of nitrogens with one attached hydrogen (secondary N) is 1. The third kappa shape index (κ3) is 2.76. The van der Waals surface area contributed by atoms with E-state index in [-0.39, 0.29) is 11.8 Å². The SMILES string of the molecule is CCc1ocnc1C(=O)N1CC[C@]2(C(=O)Nc3ccccc32)[C@@H]1c1cccc(OC)c1. The van der Waals surface area contributed by atoms with Gasteiger partial charge in [-0.05, 0) is 35.7 Å². The number of likely N-dealkylation sites (tertiary alicyclic amines) is 1. The summed E-state index contributed by atoms with van der Waals surface area (Å²) in [5.41, 5.74) is 1.98. The van der Waals surface area contributed by atoms with E-state index in [1.807, 2.05) is 55.5 Å². The summed E-state index contributed by atoms with van der Waals surface area (Å²) in [7, 11) is 1.60. The lowest BCUT2D eigenvalue weighted by molar-refractivity contribution is -0.121. The van der Waals surface area contributed by atoms with Crippen LogP contribution in [0.2, 0.25) is 0 Å². The van der Waals surface area contributed by atoms with E-state index in [2.05, 4.69) is 10.3 Å². The van der Waals surface area contributed by atoms with Gasteiger partial charge in [0.2, 0.25) is 5.91 Å². The number of methoxy groups -OCH3 is 1. The van der Waals surface area contributed by atoms with Gasteiger partial charge < -0.3 is 19.4 Å². The van der Waals surface area contributed by atoms with E-state index in [1.165, 1.54) is 6.39 Å². The van der Waals surface area contributed by atoms with Gasteiger partial charge in [-0.25, -0.2) is 4.98 Å². The zero-order chi connectivity index (χ0) is 21.6. The van der Waals surface area contributed by atoms with Crippen LogP contribution in [0.15, 0.2) is 59.3 Å². The highest BCUT2D eigenvalue weighted by Crippen LogP contribution is 2.55. The number of nitrogens with zero attached hydrogens (tertiary/aromatic N) is 2. The van der Waals surface area contributed by atoms with Crippen molar-refractivity contribution in [1.29, 1.82) is 0 Å². The van der Waals surface area contributed by atoms with Gasteiger partial charge in [-0.3, -0.25) is 9.59 Å². The first-order valence-corrected chi connectivity index (χ1v) is 10.4. The van der Waals surface area contributed by atoms with Crippen LogP contribution in [-0.2, 0) is 16.6 Å². The largest absolute Gasteiger partial charge is 0.497 e. The third-order valence-corrected chi connectivity index (χ3v) is 6.42. The van der Waals surface area contributed by atoms with Crippen LogP contribution < -0.4 is 10.1 Å². The summed E-state index contributed by atoms with van der Waals surface area (Å²) >= 11 is 0. The molecule has 0 bridgehead atoms. The molecule has 1 aromatic heterocycles. The molecule has 1 spiro atoms. The molecular formula is C24H23N3O4. The van der Waals surface area contributed by atoms with E-state index in [1.54, 1.807) is 12.0 Å². The van der Waals surface area contributed by atoms with Gasteiger partial charge in [0.25, 0.3) is 5.91 Å². The molecule has 0 saturated carbocycles. The van der Waals surface area contributed by atoms with E-state index in [0.717, 1.165) is 16.8 Å². The van der Waals surface area contributed by atoms with Gasteiger partial charge in [0, 0.05) is 18.7 Å². The summed E-state index contributed by atoms with van der Waals surface area (Å²) in [5, 5.41) is 3.03. The van der Waals surface area contributed by atoms with E-state index in [4.69, 9.17) is 9.15 Å². The van der Waals surface area contributed by atoms with Crippen molar-refractivity contribution in [2.45, 2.75) is 31.2 Å². The molecule has 0 aliphatic carbocycles. The van der Waals surface area contributed by atoms with Crippen molar-refractivity contribution in [3.8, 4) is 5.75 Å². The van der Waals surface area contributed by atoms with Crippen molar-refractivity contribution in [1.82, 2.24) is 9.88 Å². The number of para-hydroxylation sites is 1. The van der Waals surface area contributed by atoms with Gasteiger partial charge in [0.15, 0.2) is 12.1 Å². The van der Waals surface area contributed by atoms with Crippen LogP contribution >= 0.6 is 0 Å². The zero-order valence-electron chi connectivity index (χ0n) is 17.4. The molecule has 5 rings (SSSR count). The molecule has 2 aromatic carbocycles. The van der Waals surface area contributed by atoms with Crippen molar-refractivity contribution >= 4 is 17.5 Å². The number of carbonyl (C=O) groups excluding carboxylic acids is 2. The Morgan fingerprint density at radius 1 is 1.29 bits per heavy atom. The zero-order valence-corrected chi connectivity index (χ0v) is 17.4. The van der Waals surface area contributed by atoms with Crippen molar-refractivity contribution in [2.24, 2.45) is 0 Å². The maximum absolute atomic E-state index is 13.6. The summed E-state index contributed by atoms with van der Waals surface area (Å²) < 4.78 is 10.8. The predicted molar refractivity (Wildman–Crippen MR) is 114 cm³/mol. The number of aromatic nitrogens is 1. The summed E-state index contributed by atoms with van der Waals surface area (Å²) in [6.45, 7) is 2.35. The van der Waals surface area contributed by atoms with E-state index in [0.29, 0.717) is 36.6 Å². The fourth-order valence-corrected chi connectivity index (χ4v) is 5.01. The lowest BCUT2D eigenvalue weighted by Gasteiger charge is -2.34. The minimum atomic E-state index is -0.880. The molecule has 0 unspecified atom stereocenters. The second-order valence-corrected chi connectivity index (χ2v) is 7.88. The first kappa shape index (κ1) is 19.4. The Morgan fingerprint density at radius 3 is 2.94 bits per heavy atom. The van der Waals surface area contributed by atoms with Crippen LogP contribution in [-0.4, -0.2) is 35.4 Å². The van der Waals surface area contributed by atoms with Crippen molar-refractivity contribution < 1.29 is 18.7 Å². The summed E-state index contributed by atoms with van der Waals surface area (Å²) in [4.78, 5) is 33.0. The summed E-state index contributed by atoms with van der Waals surface area (Å²) in [5.74, 6) is 0.904. The van der Waals surface area contributed by atoms with Crippen LogP contribution in [0, 0.1) is 0 Å². The molecule has 2 aliphatic rings. The number of rotatable bonds is 4. The minimum Gasteiger partial charge on any atom is -0.497 e. The Morgan fingerprint density at radius 2 is 2.13 bits per heavy atom. The molecule has 2 amide bonds. The molecular weight excluding hydrogens is 394 g/mol. The lowest BCUT2D eigenvalue weighted by Crippen LogP contribution is -2.42. The number of benzene rings is 2. The van der Waals surface area contributed by atoms with Gasteiger partial charge in [-0.15, -0.1) is 0 Å².